The van der Waals surface area contributed by atoms with E-state index in [0.717, 1.165) is 16.8 Å². The Balaban J connectivity index is 1.59. The van der Waals surface area contributed by atoms with E-state index < -0.39 is 0 Å². The first-order chi connectivity index (χ1) is 14.7. The lowest BCUT2D eigenvalue weighted by Crippen LogP contribution is -2.28. The second kappa shape index (κ2) is 9.98. The number of thioether (sulfide) groups is 1. The van der Waals surface area contributed by atoms with Crippen LogP contribution in [0.4, 0.5) is 5.69 Å². The van der Waals surface area contributed by atoms with Crippen molar-refractivity contribution in [2.75, 3.05) is 11.1 Å². The molecule has 2 aromatic carbocycles. The number of rotatable bonds is 7. The van der Waals surface area contributed by atoms with E-state index in [1.165, 1.54) is 11.8 Å². The molecular formula is C22H24ClN5O2S. The van der Waals surface area contributed by atoms with E-state index in [4.69, 9.17) is 11.6 Å². The zero-order valence-corrected chi connectivity index (χ0v) is 19.3. The van der Waals surface area contributed by atoms with Gasteiger partial charge in [-0.15, -0.1) is 10.2 Å². The van der Waals surface area contributed by atoms with Crippen LogP contribution in [0, 0.1) is 13.8 Å². The van der Waals surface area contributed by atoms with Crippen molar-refractivity contribution in [1.29, 1.82) is 0 Å². The summed E-state index contributed by atoms with van der Waals surface area (Å²) in [5, 5.41) is 15.4. The van der Waals surface area contributed by atoms with Crippen molar-refractivity contribution in [1.82, 2.24) is 20.1 Å². The topological polar surface area (TPSA) is 88.9 Å². The number of carbonyl (C=O) groups excluding carboxylic acids is 2. The molecule has 0 saturated heterocycles. The SMILES string of the molecule is Cc1cccc(C(=O)N[C@@H](C)c2nnc(SCC(=O)Nc3ccc(Cl)cc3C)n2C)c1. The second-order valence-electron chi connectivity index (χ2n) is 7.26. The Labute approximate surface area is 190 Å². The molecule has 2 amide bonds. The van der Waals surface area contributed by atoms with E-state index in [1.807, 2.05) is 46.0 Å². The summed E-state index contributed by atoms with van der Waals surface area (Å²) < 4.78 is 1.78. The van der Waals surface area contributed by atoms with E-state index in [9.17, 15) is 9.59 Å². The Morgan fingerprint density at radius 2 is 1.94 bits per heavy atom. The van der Waals surface area contributed by atoms with Crippen molar-refractivity contribution in [3.8, 4) is 0 Å². The molecule has 162 valence electrons. The minimum atomic E-state index is -0.342. The van der Waals surface area contributed by atoms with Crippen LogP contribution in [0.1, 0.15) is 40.3 Å². The first-order valence-electron chi connectivity index (χ1n) is 9.70. The van der Waals surface area contributed by atoms with Crippen molar-refractivity contribution < 1.29 is 9.59 Å². The molecule has 3 aromatic rings. The van der Waals surface area contributed by atoms with Gasteiger partial charge >= 0.3 is 0 Å². The summed E-state index contributed by atoms with van der Waals surface area (Å²) in [5.74, 6) is 0.460. The van der Waals surface area contributed by atoms with E-state index in [0.29, 0.717) is 21.6 Å². The first kappa shape index (κ1) is 22.8. The lowest BCUT2D eigenvalue weighted by molar-refractivity contribution is -0.113. The number of hydrogen-bond donors (Lipinski definition) is 2. The normalized spacial score (nSPS) is 11.8. The van der Waals surface area contributed by atoms with Gasteiger partial charge < -0.3 is 15.2 Å². The summed E-state index contributed by atoms with van der Waals surface area (Å²) in [6, 6.07) is 12.4. The molecule has 0 unspecified atom stereocenters. The molecule has 0 saturated carbocycles. The molecule has 7 nitrogen and oxygen atoms in total. The summed E-state index contributed by atoms with van der Waals surface area (Å²) >= 11 is 7.23. The quantitative estimate of drug-likeness (QED) is 0.516. The van der Waals surface area contributed by atoms with Crippen LogP contribution in [0.25, 0.3) is 0 Å². The molecule has 2 N–H and O–H groups in total. The molecule has 0 radical (unpaired) electrons. The summed E-state index contributed by atoms with van der Waals surface area (Å²) in [7, 11) is 1.81. The highest BCUT2D eigenvalue weighted by atomic mass is 35.5. The molecule has 0 aliphatic carbocycles. The van der Waals surface area contributed by atoms with Crippen LogP contribution in [0.15, 0.2) is 47.6 Å². The number of benzene rings is 2. The number of aromatic nitrogens is 3. The molecule has 1 aromatic heterocycles. The highest BCUT2D eigenvalue weighted by Gasteiger charge is 2.19. The smallest absolute Gasteiger partial charge is 0.251 e. The van der Waals surface area contributed by atoms with Gasteiger partial charge in [-0.05, 0) is 56.7 Å². The Bertz CT molecular complexity index is 1120. The predicted molar refractivity (Wildman–Crippen MR) is 124 cm³/mol. The maximum absolute atomic E-state index is 12.5. The number of nitrogens with zero attached hydrogens (tertiary/aromatic N) is 3. The minimum absolute atomic E-state index is 0.152. The maximum atomic E-state index is 12.5. The summed E-state index contributed by atoms with van der Waals surface area (Å²) in [6.45, 7) is 5.68. The minimum Gasteiger partial charge on any atom is -0.342 e. The zero-order chi connectivity index (χ0) is 22.5. The molecule has 1 heterocycles. The largest absolute Gasteiger partial charge is 0.342 e. The average molecular weight is 458 g/mol. The van der Waals surface area contributed by atoms with Gasteiger partial charge in [0.05, 0.1) is 11.8 Å². The van der Waals surface area contributed by atoms with Gasteiger partial charge in [-0.25, -0.2) is 0 Å². The molecule has 0 spiro atoms. The van der Waals surface area contributed by atoms with Crippen LogP contribution in [-0.4, -0.2) is 32.3 Å². The van der Waals surface area contributed by atoms with Crippen LogP contribution < -0.4 is 10.6 Å². The Hall–Kier alpha value is -2.84. The standard InChI is InChI=1S/C22H24ClN5O2S/c1-13-6-5-7-16(10-13)21(30)24-15(3)20-26-27-22(28(20)4)31-12-19(29)25-18-9-8-17(23)11-14(18)2/h5-11,15H,12H2,1-4H3,(H,24,30)(H,25,29)/t15-/m0/s1. The number of hydrogen-bond acceptors (Lipinski definition) is 5. The van der Waals surface area contributed by atoms with Crippen LogP contribution >= 0.6 is 23.4 Å². The van der Waals surface area contributed by atoms with Crippen LogP contribution in [0.2, 0.25) is 5.02 Å². The highest BCUT2D eigenvalue weighted by molar-refractivity contribution is 7.99. The van der Waals surface area contributed by atoms with Gasteiger partial charge in [0, 0.05) is 23.3 Å². The molecular weight excluding hydrogens is 434 g/mol. The lowest BCUT2D eigenvalue weighted by atomic mass is 10.1. The van der Waals surface area contributed by atoms with Crippen molar-refractivity contribution in [2.45, 2.75) is 32.0 Å². The fourth-order valence-electron chi connectivity index (χ4n) is 3.04. The maximum Gasteiger partial charge on any atom is 0.251 e. The van der Waals surface area contributed by atoms with Gasteiger partial charge in [0.25, 0.3) is 5.91 Å². The number of carbonyl (C=O) groups is 2. The fraction of sp³-hybridized carbons (Fsp3) is 0.273. The van der Waals surface area contributed by atoms with Crippen molar-refractivity contribution >= 4 is 40.9 Å². The highest BCUT2D eigenvalue weighted by Crippen LogP contribution is 2.22. The van der Waals surface area contributed by atoms with E-state index in [1.54, 1.807) is 28.8 Å². The lowest BCUT2D eigenvalue weighted by Gasteiger charge is -2.14. The first-order valence-corrected chi connectivity index (χ1v) is 11.1. The van der Waals surface area contributed by atoms with Gasteiger partial charge in [-0.3, -0.25) is 9.59 Å². The Morgan fingerprint density at radius 3 is 2.65 bits per heavy atom. The van der Waals surface area contributed by atoms with Gasteiger partial charge in [-0.2, -0.15) is 0 Å². The Morgan fingerprint density at radius 1 is 1.16 bits per heavy atom. The summed E-state index contributed by atoms with van der Waals surface area (Å²) in [5.41, 5.74) is 3.23. The van der Waals surface area contributed by atoms with Crippen LogP contribution in [-0.2, 0) is 11.8 Å². The summed E-state index contributed by atoms with van der Waals surface area (Å²) in [4.78, 5) is 24.8. The predicted octanol–water partition coefficient (Wildman–Crippen LogP) is 4.31. The van der Waals surface area contributed by atoms with Gasteiger partial charge in [0.2, 0.25) is 5.91 Å². The van der Waals surface area contributed by atoms with Gasteiger partial charge in [0.15, 0.2) is 11.0 Å². The van der Waals surface area contributed by atoms with Gasteiger partial charge in [-0.1, -0.05) is 41.1 Å². The van der Waals surface area contributed by atoms with Crippen LogP contribution in [0.5, 0.6) is 0 Å². The number of aryl methyl sites for hydroxylation is 2. The van der Waals surface area contributed by atoms with E-state index in [2.05, 4.69) is 20.8 Å². The number of anilines is 1. The van der Waals surface area contributed by atoms with Crippen molar-refractivity contribution in [3.63, 3.8) is 0 Å². The molecule has 0 aliphatic rings. The molecule has 0 fully saturated rings. The number of nitrogens with one attached hydrogen (secondary N) is 2. The number of halogens is 1. The molecule has 9 heteroatoms. The van der Waals surface area contributed by atoms with Gasteiger partial charge in [0.1, 0.15) is 0 Å². The number of amides is 2. The Kier molecular flexibility index (Phi) is 7.35. The third-order valence-electron chi connectivity index (χ3n) is 4.68. The molecule has 0 aliphatic heterocycles. The van der Waals surface area contributed by atoms with Crippen molar-refractivity contribution in [2.24, 2.45) is 7.05 Å². The average Bonchev–Trinajstić information content (AvgIpc) is 3.09. The van der Waals surface area contributed by atoms with E-state index >= 15 is 0 Å². The van der Waals surface area contributed by atoms with E-state index in [-0.39, 0.29) is 23.6 Å². The summed E-state index contributed by atoms with van der Waals surface area (Å²) in [6.07, 6.45) is 0. The molecule has 0 bridgehead atoms. The monoisotopic (exact) mass is 457 g/mol. The fourth-order valence-corrected chi connectivity index (χ4v) is 3.99. The zero-order valence-electron chi connectivity index (χ0n) is 17.8. The third kappa shape index (κ3) is 5.86. The third-order valence-corrected chi connectivity index (χ3v) is 5.93. The van der Waals surface area contributed by atoms with Crippen molar-refractivity contribution in [3.05, 3.63) is 70.0 Å². The molecule has 31 heavy (non-hydrogen) atoms. The molecule has 3 rings (SSSR count). The van der Waals surface area contributed by atoms with Crippen LogP contribution in [0.3, 0.4) is 0 Å². The second-order valence-corrected chi connectivity index (χ2v) is 8.64. The molecule has 1 atom stereocenters.